The second-order valence-electron chi connectivity index (χ2n) is 5.41. The number of phenols is 1. The van der Waals surface area contributed by atoms with Gasteiger partial charge in [0, 0.05) is 24.5 Å². The zero-order chi connectivity index (χ0) is 19.8. The number of amides is 1. The smallest absolute Gasteiger partial charge is 0.289 e. The van der Waals surface area contributed by atoms with Gasteiger partial charge in [0.1, 0.15) is 22.4 Å². The van der Waals surface area contributed by atoms with Crippen molar-refractivity contribution >= 4 is 28.9 Å². The van der Waals surface area contributed by atoms with Gasteiger partial charge in [-0.25, -0.2) is 0 Å². The topological polar surface area (TPSA) is 128 Å². The molecule has 9 heteroatoms. The van der Waals surface area contributed by atoms with Gasteiger partial charge < -0.3 is 15.7 Å². The van der Waals surface area contributed by atoms with Crippen LogP contribution in [0.2, 0.25) is 5.02 Å². The van der Waals surface area contributed by atoms with E-state index in [9.17, 15) is 20.0 Å². The Labute approximate surface area is 159 Å². The maximum absolute atomic E-state index is 12.1. The number of carbonyl (C=O) groups excluding carboxylic acids is 1. The number of nitriles is 1. The maximum atomic E-state index is 12.1. The number of nitrogens with one attached hydrogen (secondary N) is 2. The van der Waals surface area contributed by atoms with E-state index in [4.69, 9.17) is 16.9 Å². The summed E-state index contributed by atoms with van der Waals surface area (Å²) in [4.78, 5) is 22.3. The Bertz CT molecular complexity index is 920. The number of nitro benzene ring substituents is 1. The number of nitro groups is 1. The SMILES string of the molecule is N#C/C(=C/Nc1ccc(Cl)c([N+](=O)[O-])c1)C(=O)NCCc1ccc(O)cc1. The molecule has 138 valence electrons. The van der Waals surface area contributed by atoms with E-state index in [1.54, 1.807) is 30.3 Å². The molecular weight excluding hydrogens is 372 g/mol. The Kier molecular flexibility index (Phi) is 6.74. The Morgan fingerprint density at radius 1 is 1.30 bits per heavy atom. The number of benzene rings is 2. The summed E-state index contributed by atoms with van der Waals surface area (Å²) in [7, 11) is 0. The number of hydrogen-bond donors (Lipinski definition) is 3. The molecule has 8 nitrogen and oxygen atoms in total. The molecule has 3 N–H and O–H groups in total. The lowest BCUT2D eigenvalue weighted by molar-refractivity contribution is -0.384. The first-order valence-electron chi connectivity index (χ1n) is 7.77. The fraction of sp³-hybridized carbons (Fsp3) is 0.111. The van der Waals surface area contributed by atoms with Gasteiger partial charge in [0.15, 0.2) is 0 Å². The molecule has 0 fully saturated rings. The lowest BCUT2D eigenvalue weighted by Gasteiger charge is -2.06. The summed E-state index contributed by atoms with van der Waals surface area (Å²) < 4.78 is 0. The summed E-state index contributed by atoms with van der Waals surface area (Å²) in [6.07, 6.45) is 1.70. The van der Waals surface area contributed by atoms with Crippen molar-refractivity contribution in [2.45, 2.75) is 6.42 Å². The van der Waals surface area contributed by atoms with Crippen LogP contribution in [0.3, 0.4) is 0 Å². The van der Waals surface area contributed by atoms with Crippen LogP contribution in [0, 0.1) is 21.4 Å². The number of rotatable bonds is 7. The lowest BCUT2D eigenvalue weighted by Crippen LogP contribution is -2.27. The van der Waals surface area contributed by atoms with Crippen molar-refractivity contribution in [3.05, 3.63) is 74.9 Å². The Balaban J connectivity index is 1.96. The van der Waals surface area contributed by atoms with Gasteiger partial charge in [-0.3, -0.25) is 14.9 Å². The molecule has 0 heterocycles. The van der Waals surface area contributed by atoms with Crippen molar-refractivity contribution in [3.63, 3.8) is 0 Å². The quantitative estimate of drug-likeness (QED) is 0.290. The average molecular weight is 387 g/mol. The van der Waals surface area contributed by atoms with Crippen molar-refractivity contribution in [1.82, 2.24) is 5.32 Å². The standard InChI is InChI=1S/C18H15ClN4O4/c19-16-6-3-14(9-17(16)23(26)27)22-11-13(10-20)18(25)21-8-7-12-1-4-15(24)5-2-12/h1-6,9,11,22,24H,7-8H2,(H,21,25)/b13-11-. The summed E-state index contributed by atoms with van der Waals surface area (Å²) in [5.74, 6) is -0.418. The van der Waals surface area contributed by atoms with Crippen LogP contribution in [0.5, 0.6) is 5.75 Å². The monoisotopic (exact) mass is 386 g/mol. The third kappa shape index (κ3) is 5.73. The maximum Gasteiger partial charge on any atom is 0.289 e. The number of halogens is 1. The molecule has 2 aromatic rings. The largest absolute Gasteiger partial charge is 0.508 e. The van der Waals surface area contributed by atoms with Crippen LogP contribution in [0.4, 0.5) is 11.4 Å². The molecule has 0 aliphatic rings. The van der Waals surface area contributed by atoms with Gasteiger partial charge in [-0.05, 0) is 36.2 Å². The van der Waals surface area contributed by atoms with E-state index < -0.39 is 10.8 Å². The molecule has 0 spiro atoms. The molecule has 2 rings (SSSR count). The molecule has 1 amide bonds. The minimum Gasteiger partial charge on any atom is -0.508 e. The van der Waals surface area contributed by atoms with Crippen LogP contribution >= 0.6 is 11.6 Å². The number of anilines is 1. The average Bonchev–Trinajstić information content (AvgIpc) is 2.65. The van der Waals surface area contributed by atoms with Crippen LogP contribution in [0.1, 0.15) is 5.56 Å². The first-order chi connectivity index (χ1) is 12.9. The van der Waals surface area contributed by atoms with Gasteiger partial charge in [0.25, 0.3) is 11.6 Å². The van der Waals surface area contributed by atoms with Crippen LogP contribution in [0.15, 0.2) is 54.2 Å². The van der Waals surface area contributed by atoms with E-state index in [1.165, 1.54) is 24.4 Å². The molecule has 0 atom stereocenters. The molecule has 27 heavy (non-hydrogen) atoms. The Morgan fingerprint density at radius 3 is 2.63 bits per heavy atom. The van der Waals surface area contributed by atoms with Gasteiger partial charge in [-0.15, -0.1) is 0 Å². The highest BCUT2D eigenvalue weighted by Gasteiger charge is 2.13. The summed E-state index contributed by atoms with van der Waals surface area (Å²) in [6.45, 7) is 0.301. The van der Waals surface area contributed by atoms with Crippen molar-refractivity contribution in [3.8, 4) is 11.8 Å². The van der Waals surface area contributed by atoms with Gasteiger partial charge >= 0.3 is 0 Å². The predicted molar refractivity (Wildman–Crippen MR) is 100 cm³/mol. The van der Waals surface area contributed by atoms with E-state index in [0.717, 1.165) is 5.56 Å². The van der Waals surface area contributed by atoms with E-state index in [1.807, 2.05) is 0 Å². The third-order valence-electron chi connectivity index (χ3n) is 3.53. The number of aromatic hydroxyl groups is 1. The Morgan fingerprint density at radius 2 is 2.00 bits per heavy atom. The van der Waals surface area contributed by atoms with Crippen LogP contribution in [-0.4, -0.2) is 22.5 Å². The minimum absolute atomic E-state index is 0.0120. The van der Waals surface area contributed by atoms with Crippen LogP contribution in [-0.2, 0) is 11.2 Å². The first kappa shape index (κ1) is 19.8. The third-order valence-corrected chi connectivity index (χ3v) is 3.85. The lowest BCUT2D eigenvalue weighted by atomic mass is 10.1. The molecule has 0 radical (unpaired) electrons. The van der Waals surface area contributed by atoms with E-state index in [-0.39, 0.29) is 22.0 Å². The van der Waals surface area contributed by atoms with Gasteiger partial charge in [0.05, 0.1) is 4.92 Å². The molecular formula is C18H15ClN4O4. The highest BCUT2D eigenvalue weighted by molar-refractivity contribution is 6.32. The van der Waals surface area contributed by atoms with Crippen molar-refractivity contribution < 1.29 is 14.8 Å². The zero-order valence-corrected chi connectivity index (χ0v) is 14.7. The molecule has 0 aliphatic carbocycles. The number of phenolic OH excluding ortho intramolecular Hbond substituents is 1. The fourth-order valence-corrected chi connectivity index (χ4v) is 2.31. The van der Waals surface area contributed by atoms with Gasteiger partial charge in [0.2, 0.25) is 0 Å². The highest BCUT2D eigenvalue weighted by Crippen LogP contribution is 2.27. The fourth-order valence-electron chi connectivity index (χ4n) is 2.12. The molecule has 0 saturated heterocycles. The number of carbonyl (C=O) groups is 1. The summed E-state index contributed by atoms with van der Waals surface area (Å²) in [6, 6.07) is 12.4. The van der Waals surface area contributed by atoms with Crippen molar-refractivity contribution in [2.24, 2.45) is 0 Å². The molecule has 0 aromatic heterocycles. The molecule has 0 unspecified atom stereocenters. The zero-order valence-electron chi connectivity index (χ0n) is 14.0. The summed E-state index contributed by atoms with van der Waals surface area (Å²) in [5.41, 5.74) is 0.767. The second-order valence-corrected chi connectivity index (χ2v) is 5.82. The predicted octanol–water partition coefficient (Wildman–Crippen LogP) is 3.13. The van der Waals surface area contributed by atoms with Crippen LogP contribution in [0.25, 0.3) is 0 Å². The Hall–Kier alpha value is -3.57. The van der Waals surface area contributed by atoms with E-state index in [0.29, 0.717) is 18.7 Å². The van der Waals surface area contributed by atoms with Crippen molar-refractivity contribution in [1.29, 1.82) is 5.26 Å². The second kappa shape index (κ2) is 9.22. The summed E-state index contributed by atoms with van der Waals surface area (Å²) >= 11 is 5.73. The van der Waals surface area contributed by atoms with Gasteiger partial charge in [-0.2, -0.15) is 5.26 Å². The molecule has 0 bridgehead atoms. The number of hydrogen-bond acceptors (Lipinski definition) is 6. The van der Waals surface area contributed by atoms with E-state index in [2.05, 4.69) is 10.6 Å². The molecule has 0 saturated carbocycles. The van der Waals surface area contributed by atoms with Crippen LogP contribution < -0.4 is 10.6 Å². The summed E-state index contributed by atoms with van der Waals surface area (Å²) in [5, 5.41) is 34.5. The molecule has 0 aliphatic heterocycles. The van der Waals surface area contributed by atoms with E-state index >= 15 is 0 Å². The number of nitrogens with zero attached hydrogens (tertiary/aromatic N) is 2. The van der Waals surface area contributed by atoms with Crippen molar-refractivity contribution in [2.75, 3.05) is 11.9 Å². The normalized spacial score (nSPS) is 10.7. The first-order valence-corrected chi connectivity index (χ1v) is 8.15. The van der Waals surface area contributed by atoms with Gasteiger partial charge in [-0.1, -0.05) is 23.7 Å². The molecule has 2 aromatic carbocycles. The minimum atomic E-state index is -0.627. The highest BCUT2D eigenvalue weighted by atomic mass is 35.5.